The number of carboxylic acids is 1. The number of carbonyl (C=O) groups is 2. The number of hydrogen-bond acceptors (Lipinski definition) is 5. The molecule has 3 aromatic rings. The van der Waals surface area contributed by atoms with Gasteiger partial charge in [-0.25, -0.2) is 14.8 Å². The highest BCUT2D eigenvalue weighted by molar-refractivity contribution is 5.92. The van der Waals surface area contributed by atoms with Gasteiger partial charge in [-0.05, 0) is 23.3 Å². The van der Waals surface area contributed by atoms with Crippen LogP contribution in [-0.4, -0.2) is 27.0 Å². The zero-order valence-corrected chi connectivity index (χ0v) is 14.3. The van der Waals surface area contributed by atoms with Gasteiger partial charge in [-0.2, -0.15) is 0 Å². The molecule has 136 valence electrons. The number of aromatic nitrogens is 2. The number of rotatable bonds is 7. The summed E-state index contributed by atoms with van der Waals surface area (Å²) in [6.07, 6.45) is 2.19. The number of carboxylic acid groups (broad SMARTS) is 1. The van der Waals surface area contributed by atoms with Gasteiger partial charge in [0.1, 0.15) is 18.1 Å². The van der Waals surface area contributed by atoms with Crippen molar-refractivity contribution in [2.24, 2.45) is 0 Å². The molecule has 0 spiro atoms. The van der Waals surface area contributed by atoms with Gasteiger partial charge in [0.25, 0.3) is 5.91 Å². The smallest absolute Gasteiger partial charge is 0.356 e. The SMILES string of the molecule is O=C(O)c1cnc(C(=O)NCc2ccc(OCc3ccccc3)cc2)cn1. The molecule has 2 aromatic carbocycles. The van der Waals surface area contributed by atoms with Gasteiger partial charge < -0.3 is 15.2 Å². The van der Waals surface area contributed by atoms with Crippen molar-refractivity contribution in [1.29, 1.82) is 0 Å². The van der Waals surface area contributed by atoms with Crippen LogP contribution in [-0.2, 0) is 13.2 Å². The maximum atomic E-state index is 12.0. The number of nitrogens with one attached hydrogen (secondary N) is 1. The monoisotopic (exact) mass is 363 g/mol. The highest BCUT2D eigenvalue weighted by Crippen LogP contribution is 2.14. The molecular formula is C20H17N3O4. The third-order valence-electron chi connectivity index (χ3n) is 3.73. The first-order valence-electron chi connectivity index (χ1n) is 8.21. The van der Waals surface area contributed by atoms with Gasteiger partial charge in [-0.15, -0.1) is 0 Å². The average molecular weight is 363 g/mol. The molecule has 1 aromatic heterocycles. The maximum Gasteiger partial charge on any atom is 0.356 e. The molecule has 1 heterocycles. The Morgan fingerprint density at radius 3 is 2.19 bits per heavy atom. The van der Waals surface area contributed by atoms with Gasteiger partial charge in [0.15, 0.2) is 5.69 Å². The second kappa shape index (κ2) is 8.57. The molecule has 0 saturated heterocycles. The van der Waals surface area contributed by atoms with Crippen LogP contribution in [0.15, 0.2) is 67.0 Å². The summed E-state index contributed by atoms with van der Waals surface area (Å²) < 4.78 is 5.72. The Morgan fingerprint density at radius 1 is 0.889 bits per heavy atom. The van der Waals surface area contributed by atoms with Crippen LogP contribution in [0.25, 0.3) is 0 Å². The molecule has 0 fully saturated rings. The first-order chi connectivity index (χ1) is 13.1. The summed E-state index contributed by atoms with van der Waals surface area (Å²) >= 11 is 0. The molecule has 3 rings (SSSR count). The van der Waals surface area contributed by atoms with E-state index in [1.54, 1.807) is 0 Å². The summed E-state index contributed by atoms with van der Waals surface area (Å²) in [4.78, 5) is 30.2. The maximum absolute atomic E-state index is 12.0. The zero-order chi connectivity index (χ0) is 19.1. The Morgan fingerprint density at radius 2 is 1.56 bits per heavy atom. The Kier molecular flexibility index (Phi) is 5.73. The predicted octanol–water partition coefficient (Wildman–Crippen LogP) is 2.68. The van der Waals surface area contributed by atoms with Crippen molar-refractivity contribution in [3.05, 3.63) is 89.5 Å². The minimum absolute atomic E-state index is 0.0582. The van der Waals surface area contributed by atoms with Crippen molar-refractivity contribution in [1.82, 2.24) is 15.3 Å². The Bertz CT molecular complexity index is 910. The zero-order valence-electron chi connectivity index (χ0n) is 14.3. The summed E-state index contributed by atoms with van der Waals surface area (Å²) in [5.41, 5.74) is 1.83. The van der Waals surface area contributed by atoms with Gasteiger partial charge in [0, 0.05) is 6.54 Å². The van der Waals surface area contributed by atoms with Gasteiger partial charge in [-0.1, -0.05) is 42.5 Å². The molecular weight excluding hydrogens is 346 g/mol. The van der Waals surface area contributed by atoms with Gasteiger partial charge in [0.2, 0.25) is 0 Å². The Labute approximate surface area is 155 Å². The molecule has 0 aliphatic rings. The molecule has 0 radical (unpaired) electrons. The molecule has 0 bridgehead atoms. The first kappa shape index (κ1) is 18.1. The van der Waals surface area contributed by atoms with Crippen molar-refractivity contribution in [3.63, 3.8) is 0 Å². The van der Waals surface area contributed by atoms with E-state index in [0.29, 0.717) is 13.2 Å². The van der Waals surface area contributed by atoms with E-state index in [-0.39, 0.29) is 11.4 Å². The summed E-state index contributed by atoms with van der Waals surface area (Å²) in [5.74, 6) is -0.878. The molecule has 0 atom stereocenters. The molecule has 2 N–H and O–H groups in total. The Balaban J connectivity index is 1.50. The second-order valence-electron chi connectivity index (χ2n) is 5.69. The first-order valence-corrected chi connectivity index (χ1v) is 8.21. The largest absolute Gasteiger partial charge is 0.489 e. The fourth-order valence-corrected chi connectivity index (χ4v) is 2.27. The molecule has 1 amide bonds. The van der Waals surface area contributed by atoms with E-state index in [1.165, 1.54) is 0 Å². The summed E-state index contributed by atoms with van der Waals surface area (Å²) in [6, 6.07) is 17.3. The number of carbonyl (C=O) groups excluding carboxylic acids is 1. The fourth-order valence-electron chi connectivity index (χ4n) is 2.27. The Hall–Kier alpha value is -3.74. The summed E-state index contributed by atoms with van der Waals surface area (Å²) in [5, 5.41) is 11.5. The molecule has 0 aliphatic heterocycles. The van der Waals surface area contributed by atoms with Gasteiger partial charge in [0.05, 0.1) is 12.4 Å². The van der Waals surface area contributed by atoms with Crippen LogP contribution < -0.4 is 10.1 Å². The summed E-state index contributed by atoms with van der Waals surface area (Å²) in [7, 11) is 0. The minimum atomic E-state index is -1.19. The lowest BCUT2D eigenvalue weighted by atomic mass is 10.2. The molecule has 27 heavy (non-hydrogen) atoms. The van der Waals surface area contributed by atoms with E-state index in [1.807, 2.05) is 54.6 Å². The number of aromatic carboxylic acids is 1. The quantitative estimate of drug-likeness (QED) is 0.669. The lowest BCUT2D eigenvalue weighted by Crippen LogP contribution is -2.24. The molecule has 0 saturated carbocycles. The molecule has 7 heteroatoms. The number of amides is 1. The van der Waals surface area contributed by atoms with Crippen LogP contribution in [0.5, 0.6) is 5.75 Å². The van der Waals surface area contributed by atoms with E-state index < -0.39 is 11.9 Å². The van der Waals surface area contributed by atoms with Crippen LogP contribution in [0.4, 0.5) is 0 Å². The predicted molar refractivity (Wildman–Crippen MR) is 97.4 cm³/mol. The third kappa shape index (κ3) is 5.12. The second-order valence-corrected chi connectivity index (χ2v) is 5.69. The average Bonchev–Trinajstić information content (AvgIpc) is 2.72. The van der Waals surface area contributed by atoms with Crippen LogP contribution >= 0.6 is 0 Å². The van der Waals surface area contributed by atoms with Crippen LogP contribution in [0.3, 0.4) is 0 Å². The van der Waals surface area contributed by atoms with Crippen molar-refractivity contribution < 1.29 is 19.4 Å². The number of nitrogens with zero attached hydrogens (tertiary/aromatic N) is 2. The van der Waals surface area contributed by atoms with E-state index in [0.717, 1.165) is 29.3 Å². The molecule has 7 nitrogen and oxygen atoms in total. The van der Waals surface area contributed by atoms with E-state index in [9.17, 15) is 9.59 Å². The minimum Gasteiger partial charge on any atom is -0.489 e. The fraction of sp³-hybridized carbons (Fsp3) is 0.100. The standard InChI is InChI=1S/C20H17N3O4/c24-19(17-11-22-18(12-21-17)20(25)26)23-10-14-6-8-16(9-7-14)27-13-15-4-2-1-3-5-15/h1-9,11-12H,10,13H2,(H,23,24)(H,25,26). The van der Waals surface area contributed by atoms with Gasteiger partial charge >= 0.3 is 5.97 Å². The third-order valence-corrected chi connectivity index (χ3v) is 3.73. The molecule has 0 aliphatic carbocycles. The number of benzene rings is 2. The van der Waals surface area contributed by atoms with Crippen LogP contribution in [0.2, 0.25) is 0 Å². The lowest BCUT2D eigenvalue weighted by Gasteiger charge is -2.08. The van der Waals surface area contributed by atoms with Crippen molar-refractivity contribution in [3.8, 4) is 5.75 Å². The normalized spacial score (nSPS) is 10.2. The van der Waals surface area contributed by atoms with E-state index >= 15 is 0 Å². The molecule has 0 unspecified atom stereocenters. The van der Waals surface area contributed by atoms with Crippen LogP contribution in [0, 0.1) is 0 Å². The summed E-state index contributed by atoms with van der Waals surface area (Å²) in [6.45, 7) is 0.794. The number of ether oxygens (including phenoxy) is 1. The van der Waals surface area contributed by atoms with E-state index in [4.69, 9.17) is 9.84 Å². The topological polar surface area (TPSA) is 101 Å². The number of hydrogen-bond donors (Lipinski definition) is 2. The van der Waals surface area contributed by atoms with Crippen molar-refractivity contribution >= 4 is 11.9 Å². The van der Waals surface area contributed by atoms with Gasteiger partial charge in [-0.3, -0.25) is 4.79 Å². The highest BCUT2D eigenvalue weighted by atomic mass is 16.5. The van der Waals surface area contributed by atoms with Crippen molar-refractivity contribution in [2.75, 3.05) is 0 Å². The lowest BCUT2D eigenvalue weighted by molar-refractivity contribution is 0.0689. The highest BCUT2D eigenvalue weighted by Gasteiger charge is 2.10. The van der Waals surface area contributed by atoms with E-state index in [2.05, 4.69) is 15.3 Å². The van der Waals surface area contributed by atoms with Crippen LogP contribution in [0.1, 0.15) is 32.1 Å². The van der Waals surface area contributed by atoms with Crippen molar-refractivity contribution in [2.45, 2.75) is 13.2 Å².